The van der Waals surface area contributed by atoms with Crippen molar-refractivity contribution in [2.75, 3.05) is 0 Å². The molecule has 4 saturated carbocycles. The van der Waals surface area contributed by atoms with E-state index >= 15 is 0 Å². The van der Waals surface area contributed by atoms with Crippen LogP contribution in [0.4, 0.5) is 0 Å². The molecule has 0 saturated heterocycles. The van der Waals surface area contributed by atoms with Crippen molar-refractivity contribution in [2.45, 2.75) is 114 Å². The quantitative estimate of drug-likeness (QED) is 0.184. The summed E-state index contributed by atoms with van der Waals surface area (Å²) in [4.78, 5) is 11.1. The van der Waals surface area contributed by atoms with Crippen molar-refractivity contribution >= 4 is 38.1 Å². The minimum absolute atomic E-state index is 0.180. The molecule has 3 nitrogen and oxygen atoms in total. The van der Waals surface area contributed by atoms with Gasteiger partial charge in [-0.1, -0.05) is 58.0 Å². The molecule has 0 N–H and O–H groups in total. The number of hydrogen-bond acceptors (Lipinski definition) is 2. The Kier molecular flexibility index (Phi) is 4.53. The van der Waals surface area contributed by atoms with E-state index in [1.165, 1.54) is 125 Å². The maximum absolute atomic E-state index is 5.56. The summed E-state index contributed by atoms with van der Waals surface area (Å²) >= 11 is 0. The fraction of sp³-hybridized carbons (Fsp3) is 0.500. The van der Waals surface area contributed by atoms with Crippen LogP contribution in [-0.4, -0.2) is 14.4 Å². The van der Waals surface area contributed by atoms with Gasteiger partial charge in [0.05, 0.1) is 40.3 Å². The van der Waals surface area contributed by atoms with Gasteiger partial charge in [-0.05, 0) is 133 Å². The first-order valence-corrected chi connectivity index (χ1v) is 18.8. The van der Waals surface area contributed by atoms with E-state index in [2.05, 4.69) is 87.0 Å². The zero-order valence-corrected chi connectivity index (χ0v) is 28.4. The van der Waals surface area contributed by atoms with Crippen molar-refractivity contribution in [3.8, 4) is 11.1 Å². The highest BCUT2D eigenvalue weighted by molar-refractivity contribution is 6.26. The molecule has 8 aliphatic carbocycles. The minimum Gasteiger partial charge on any atom is -0.305 e. The topological polar surface area (TPSA) is 30.2 Å². The number of fused-ring (bicyclic) bond motifs is 6. The first kappa shape index (κ1) is 26.5. The van der Waals surface area contributed by atoms with Gasteiger partial charge in [0.25, 0.3) is 0 Å². The van der Waals surface area contributed by atoms with E-state index in [9.17, 15) is 0 Å². The molecular weight excluding hydrogens is 571 g/mol. The summed E-state index contributed by atoms with van der Waals surface area (Å²) in [6, 6.07) is 16.3. The minimum atomic E-state index is 0.180. The first-order chi connectivity index (χ1) is 22.6. The van der Waals surface area contributed by atoms with Crippen molar-refractivity contribution in [2.24, 2.45) is 23.7 Å². The van der Waals surface area contributed by atoms with Crippen LogP contribution < -0.4 is 0 Å². The number of benzene rings is 2. The number of hydrogen-bond donors (Lipinski definition) is 0. The zero-order chi connectivity index (χ0) is 31.2. The van der Waals surface area contributed by atoms with Crippen LogP contribution in [0.15, 0.2) is 54.9 Å². The second kappa shape index (κ2) is 8.04. The van der Waals surface area contributed by atoms with Crippen molar-refractivity contribution in [1.82, 2.24) is 14.4 Å². The van der Waals surface area contributed by atoms with E-state index in [4.69, 9.17) is 9.97 Å². The maximum atomic E-state index is 5.56. The summed E-state index contributed by atoms with van der Waals surface area (Å²) in [6.07, 6.45) is 17.9. The molecule has 8 aliphatic rings. The molecule has 236 valence electrons. The molecule has 4 aromatic heterocycles. The molecule has 14 rings (SSSR count). The molecule has 2 aromatic carbocycles. The van der Waals surface area contributed by atoms with Crippen molar-refractivity contribution < 1.29 is 0 Å². The standard InChI is InChI=1S/C44H45N3/c1-41-14-24-10-25(15-41)19-43(3,18-24)39-36(41)34-30-12-29(28-8-6-5-7-9-28)13-31-35-33(47(38(30)31)32(34)22-45-39)23-46-40-37(35)42(2)16-26-11-27(17-42)21-44(40,4)20-26/h5-9,12-13,22-27H,10-11,14-21H2,1-4H3. The van der Waals surface area contributed by atoms with Gasteiger partial charge in [-0.15, -0.1) is 0 Å². The molecule has 4 fully saturated rings. The predicted molar refractivity (Wildman–Crippen MR) is 192 cm³/mol. The van der Waals surface area contributed by atoms with E-state index in [1.807, 2.05) is 0 Å². The Labute approximate surface area is 277 Å². The molecule has 47 heavy (non-hydrogen) atoms. The van der Waals surface area contributed by atoms with E-state index in [0.29, 0.717) is 0 Å². The Morgan fingerprint density at radius 1 is 0.553 bits per heavy atom. The lowest BCUT2D eigenvalue weighted by Gasteiger charge is -2.46. The fourth-order valence-electron chi connectivity index (χ4n) is 14.5. The van der Waals surface area contributed by atoms with Crippen molar-refractivity contribution in [3.05, 3.63) is 77.4 Å². The first-order valence-electron chi connectivity index (χ1n) is 18.8. The number of rotatable bonds is 1. The van der Waals surface area contributed by atoms with Crippen LogP contribution >= 0.6 is 0 Å². The van der Waals surface area contributed by atoms with E-state index in [0.717, 1.165) is 23.7 Å². The Balaban J connectivity index is 1.28. The Hall–Kier alpha value is -3.46. The molecule has 0 spiro atoms. The maximum Gasteiger partial charge on any atom is 0.0728 e. The highest BCUT2D eigenvalue weighted by Crippen LogP contribution is 2.64. The van der Waals surface area contributed by atoms with E-state index in [-0.39, 0.29) is 21.7 Å². The molecule has 3 heteroatoms. The number of nitrogens with zero attached hydrogens (tertiary/aromatic N) is 3. The SMILES string of the molecule is CC12CC3CC(C1)CC(C)(C3)c1c2ncc2c1c1cc(-c3ccccc3)cc3c4c5c(ncc4n2c13)C1(C)CC2CC(C1)CC5(C)C2. The lowest BCUT2D eigenvalue weighted by molar-refractivity contribution is 0.0891. The molecular formula is C44H45N3. The Morgan fingerprint density at radius 3 is 1.43 bits per heavy atom. The average Bonchev–Trinajstić information content (AvgIpc) is 3.46. The third-order valence-corrected chi connectivity index (χ3v) is 15.2. The van der Waals surface area contributed by atoms with Crippen LogP contribution in [0.5, 0.6) is 0 Å². The monoisotopic (exact) mass is 615 g/mol. The van der Waals surface area contributed by atoms with Gasteiger partial charge in [0.2, 0.25) is 0 Å². The zero-order valence-electron chi connectivity index (χ0n) is 28.4. The smallest absolute Gasteiger partial charge is 0.0728 e. The van der Waals surface area contributed by atoms with Crippen LogP contribution in [0.1, 0.15) is 114 Å². The van der Waals surface area contributed by atoms with Crippen LogP contribution in [0.3, 0.4) is 0 Å². The number of pyridine rings is 2. The van der Waals surface area contributed by atoms with Crippen LogP contribution in [-0.2, 0) is 21.7 Å². The van der Waals surface area contributed by atoms with Crippen LogP contribution in [0.2, 0.25) is 0 Å². The summed E-state index contributed by atoms with van der Waals surface area (Å²) < 4.78 is 2.63. The van der Waals surface area contributed by atoms with E-state index < -0.39 is 0 Å². The lowest BCUT2D eigenvalue weighted by Crippen LogP contribution is -2.39. The molecule has 4 heterocycles. The number of aromatic nitrogens is 3. The average molecular weight is 616 g/mol. The Morgan fingerprint density at radius 2 is 0.979 bits per heavy atom. The molecule has 0 aliphatic heterocycles. The van der Waals surface area contributed by atoms with Gasteiger partial charge in [-0.2, -0.15) is 0 Å². The molecule has 4 atom stereocenters. The predicted octanol–water partition coefficient (Wildman–Crippen LogP) is 10.8. The largest absolute Gasteiger partial charge is 0.305 e. The fourth-order valence-corrected chi connectivity index (χ4v) is 14.5. The summed E-state index contributed by atoms with van der Waals surface area (Å²) in [5.41, 5.74) is 13.5. The summed E-state index contributed by atoms with van der Waals surface area (Å²) in [7, 11) is 0. The summed E-state index contributed by atoms with van der Waals surface area (Å²) in [6.45, 7) is 10.3. The van der Waals surface area contributed by atoms with Gasteiger partial charge in [-0.3, -0.25) is 9.97 Å². The highest BCUT2D eigenvalue weighted by atomic mass is 15.0. The van der Waals surface area contributed by atoms with Crippen molar-refractivity contribution in [1.29, 1.82) is 0 Å². The molecule has 6 aromatic rings. The van der Waals surface area contributed by atoms with Gasteiger partial charge in [0.15, 0.2) is 0 Å². The molecule has 4 unspecified atom stereocenters. The second-order valence-electron chi connectivity index (χ2n) is 18.9. The second-order valence-corrected chi connectivity index (χ2v) is 18.9. The summed E-state index contributed by atoms with van der Waals surface area (Å²) in [5.74, 6) is 3.30. The normalized spacial score (nSPS) is 38.1. The Bertz CT molecular complexity index is 2190. The highest BCUT2D eigenvalue weighted by Gasteiger charge is 2.56. The van der Waals surface area contributed by atoms with Gasteiger partial charge in [0, 0.05) is 32.4 Å². The van der Waals surface area contributed by atoms with Gasteiger partial charge in [0.1, 0.15) is 0 Å². The molecule has 0 radical (unpaired) electrons. The molecule has 0 amide bonds. The van der Waals surface area contributed by atoms with Gasteiger partial charge < -0.3 is 4.40 Å². The molecule has 8 bridgehead atoms. The van der Waals surface area contributed by atoms with E-state index in [1.54, 1.807) is 11.1 Å². The lowest BCUT2D eigenvalue weighted by atomic mass is 9.58. The van der Waals surface area contributed by atoms with Gasteiger partial charge in [-0.25, -0.2) is 0 Å². The third kappa shape index (κ3) is 3.09. The van der Waals surface area contributed by atoms with Crippen LogP contribution in [0, 0.1) is 23.7 Å². The van der Waals surface area contributed by atoms with Crippen molar-refractivity contribution in [3.63, 3.8) is 0 Å². The summed E-state index contributed by atoms with van der Waals surface area (Å²) in [5, 5.41) is 5.89. The van der Waals surface area contributed by atoms with Crippen LogP contribution in [0.25, 0.3) is 49.2 Å². The third-order valence-electron chi connectivity index (χ3n) is 15.2. The van der Waals surface area contributed by atoms with Gasteiger partial charge >= 0.3 is 0 Å².